The molecule has 1 spiro atoms. The molecule has 2 heterocycles. The summed E-state index contributed by atoms with van der Waals surface area (Å²) in [5.74, 6) is -0.0627. The van der Waals surface area contributed by atoms with E-state index < -0.39 is 11.0 Å². The van der Waals surface area contributed by atoms with E-state index in [0.29, 0.717) is 19.6 Å². The van der Waals surface area contributed by atoms with Crippen molar-refractivity contribution in [3.8, 4) is 0 Å². The second-order valence-electron chi connectivity index (χ2n) is 8.46. The van der Waals surface area contributed by atoms with Crippen molar-refractivity contribution >= 4 is 11.9 Å². The van der Waals surface area contributed by atoms with Gasteiger partial charge in [-0.2, -0.15) is 0 Å². The highest BCUT2D eigenvalue weighted by Gasteiger charge is 2.47. The molecule has 2 aliphatic heterocycles. The molecule has 1 aromatic carbocycles. The van der Waals surface area contributed by atoms with Crippen LogP contribution in [0.1, 0.15) is 52.0 Å². The number of ether oxygens (including phenoxy) is 1. The molecule has 2 aliphatic rings. The molecule has 1 aromatic rings. The fourth-order valence-corrected chi connectivity index (χ4v) is 3.68. The van der Waals surface area contributed by atoms with E-state index in [4.69, 9.17) is 4.74 Å². The van der Waals surface area contributed by atoms with Crippen LogP contribution in [0.4, 0.5) is 0 Å². The largest absolute Gasteiger partial charge is 0.463 e. The molecular weight excluding hydrogens is 316 g/mol. The van der Waals surface area contributed by atoms with Gasteiger partial charge in [0.25, 0.3) is 0 Å². The van der Waals surface area contributed by atoms with Crippen LogP contribution in [-0.2, 0) is 19.9 Å². The van der Waals surface area contributed by atoms with Gasteiger partial charge in [-0.05, 0) is 45.6 Å². The van der Waals surface area contributed by atoms with Gasteiger partial charge >= 0.3 is 5.97 Å². The van der Waals surface area contributed by atoms with Crippen LogP contribution in [0.5, 0.6) is 0 Å². The fraction of sp³-hybridized carbons (Fsp3) is 0.600. The minimum atomic E-state index is -0.521. The van der Waals surface area contributed by atoms with Crippen molar-refractivity contribution in [2.24, 2.45) is 5.41 Å². The molecule has 0 unspecified atom stereocenters. The summed E-state index contributed by atoms with van der Waals surface area (Å²) in [7, 11) is 0. The Morgan fingerprint density at radius 2 is 1.88 bits per heavy atom. The van der Waals surface area contributed by atoms with E-state index in [0.717, 1.165) is 24.8 Å². The molecule has 2 fully saturated rings. The van der Waals surface area contributed by atoms with Crippen molar-refractivity contribution < 1.29 is 14.3 Å². The number of amides is 1. The first kappa shape index (κ1) is 17.9. The summed E-state index contributed by atoms with van der Waals surface area (Å²) in [6.07, 6.45) is 3.16. The summed E-state index contributed by atoms with van der Waals surface area (Å²) < 4.78 is 5.69. The third kappa shape index (κ3) is 3.71. The minimum absolute atomic E-state index is 0.133. The Kier molecular flexibility index (Phi) is 4.62. The van der Waals surface area contributed by atoms with Gasteiger partial charge in [0, 0.05) is 13.0 Å². The van der Waals surface area contributed by atoms with Crippen molar-refractivity contribution in [2.45, 2.75) is 57.5 Å². The smallest absolute Gasteiger partial charge is 0.311 e. The van der Waals surface area contributed by atoms with Crippen LogP contribution in [0.15, 0.2) is 30.3 Å². The topological polar surface area (TPSA) is 67.4 Å². The molecule has 136 valence electrons. The Bertz CT molecular complexity index is 641. The average Bonchev–Trinajstić information content (AvgIpc) is 2.95. The molecular formula is C20H28N2O3. The molecule has 2 atom stereocenters. The Labute approximate surface area is 149 Å². The molecule has 5 nitrogen and oxygen atoms in total. The lowest BCUT2D eigenvalue weighted by Crippen LogP contribution is -2.62. The second kappa shape index (κ2) is 6.45. The van der Waals surface area contributed by atoms with Gasteiger partial charge in [0.15, 0.2) is 0 Å². The highest BCUT2D eigenvalue weighted by molar-refractivity contribution is 5.79. The van der Waals surface area contributed by atoms with E-state index in [-0.39, 0.29) is 17.4 Å². The fourth-order valence-electron chi connectivity index (χ4n) is 3.68. The summed E-state index contributed by atoms with van der Waals surface area (Å²) in [6, 6.07) is 10.1. The van der Waals surface area contributed by atoms with Crippen molar-refractivity contribution in [1.29, 1.82) is 0 Å². The summed E-state index contributed by atoms with van der Waals surface area (Å²) in [5.41, 5.74) is 0.0491. The van der Waals surface area contributed by atoms with Crippen LogP contribution in [0.25, 0.3) is 0 Å². The molecule has 0 bridgehead atoms. The van der Waals surface area contributed by atoms with Gasteiger partial charge in [0.2, 0.25) is 5.91 Å². The number of esters is 1. The predicted octanol–water partition coefficient (Wildman–Crippen LogP) is 2.50. The van der Waals surface area contributed by atoms with Gasteiger partial charge in [-0.25, -0.2) is 0 Å². The third-order valence-electron chi connectivity index (χ3n) is 5.42. The first-order valence-electron chi connectivity index (χ1n) is 9.04. The lowest BCUT2D eigenvalue weighted by molar-refractivity contribution is -0.156. The maximum atomic E-state index is 12.3. The van der Waals surface area contributed by atoms with E-state index in [1.54, 1.807) is 0 Å². The normalized spacial score (nSPS) is 29.5. The number of carbonyl (C=O) groups excluding carboxylic acids is 2. The number of carbonyl (C=O) groups is 2. The molecule has 0 aliphatic carbocycles. The zero-order valence-electron chi connectivity index (χ0n) is 15.4. The zero-order valence-corrected chi connectivity index (χ0v) is 15.4. The number of hydrogen-bond donors (Lipinski definition) is 2. The maximum Gasteiger partial charge on any atom is 0.311 e. The second-order valence-corrected chi connectivity index (χ2v) is 8.46. The van der Waals surface area contributed by atoms with Gasteiger partial charge in [-0.3, -0.25) is 9.59 Å². The minimum Gasteiger partial charge on any atom is -0.463 e. The summed E-state index contributed by atoms with van der Waals surface area (Å²) in [5, 5.41) is 6.76. The van der Waals surface area contributed by atoms with Crippen LogP contribution in [0, 0.1) is 5.41 Å². The van der Waals surface area contributed by atoms with Crippen LogP contribution in [0.2, 0.25) is 0 Å². The number of nitrogens with one attached hydrogen (secondary N) is 2. The van der Waals surface area contributed by atoms with Gasteiger partial charge in [0.1, 0.15) is 6.61 Å². The predicted molar refractivity (Wildman–Crippen MR) is 95.9 cm³/mol. The molecule has 1 amide bonds. The molecule has 0 radical (unpaired) electrons. The van der Waals surface area contributed by atoms with E-state index >= 15 is 0 Å². The molecule has 2 saturated heterocycles. The van der Waals surface area contributed by atoms with Crippen LogP contribution in [-0.4, -0.2) is 30.6 Å². The van der Waals surface area contributed by atoms with Crippen molar-refractivity contribution in [3.63, 3.8) is 0 Å². The van der Waals surface area contributed by atoms with E-state index in [2.05, 4.69) is 22.8 Å². The molecule has 3 rings (SSSR count). The van der Waals surface area contributed by atoms with Gasteiger partial charge in [-0.15, -0.1) is 0 Å². The lowest BCUT2D eigenvalue weighted by atomic mass is 9.76. The Hall–Kier alpha value is -1.88. The highest BCUT2D eigenvalue weighted by Crippen LogP contribution is 2.38. The molecule has 25 heavy (non-hydrogen) atoms. The summed E-state index contributed by atoms with van der Waals surface area (Å²) in [6.45, 7) is 6.59. The van der Waals surface area contributed by atoms with Crippen LogP contribution >= 0.6 is 0 Å². The number of hydrogen-bond acceptors (Lipinski definition) is 4. The van der Waals surface area contributed by atoms with Crippen molar-refractivity contribution in [2.75, 3.05) is 13.2 Å². The van der Waals surface area contributed by atoms with Gasteiger partial charge in [0.05, 0.1) is 16.5 Å². The van der Waals surface area contributed by atoms with Crippen molar-refractivity contribution in [1.82, 2.24) is 10.6 Å². The SMILES string of the molecule is CC(C)(C)C(=O)OC[C@@]1(c2ccccc2)CC[C@]2(CCC(=O)N2)CN1. The molecule has 2 N–H and O–H groups in total. The van der Waals surface area contributed by atoms with E-state index in [9.17, 15) is 9.59 Å². The standard InChI is InChI=1S/C20H28N2O3/c1-18(2,3)17(24)25-14-20(15-7-5-4-6-8-15)12-11-19(13-21-20)10-9-16(23)22-19/h4-8,21H,9-14H2,1-3H3,(H,22,23)/t19-,20-/m1/s1. The van der Waals surface area contributed by atoms with Crippen molar-refractivity contribution in [3.05, 3.63) is 35.9 Å². The van der Waals surface area contributed by atoms with E-state index in [1.807, 2.05) is 39.0 Å². The molecule has 0 aromatic heterocycles. The molecule has 0 saturated carbocycles. The lowest BCUT2D eigenvalue weighted by Gasteiger charge is -2.46. The Morgan fingerprint density at radius 3 is 2.40 bits per heavy atom. The summed E-state index contributed by atoms with van der Waals surface area (Å²) in [4.78, 5) is 23.9. The van der Waals surface area contributed by atoms with Crippen LogP contribution in [0.3, 0.4) is 0 Å². The Morgan fingerprint density at radius 1 is 1.16 bits per heavy atom. The van der Waals surface area contributed by atoms with Gasteiger partial charge in [-0.1, -0.05) is 30.3 Å². The average molecular weight is 344 g/mol. The zero-order chi connectivity index (χ0) is 18.1. The quantitative estimate of drug-likeness (QED) is 0.827. The van der Waals surface area contributed by atoms with E-state index in [1.165, 1.54) is 0 Å². The number of rotatable bonds is 3. The third-order valence-corrected chi connectivity index (χ3v) is 5.42. The maximum absolute atomic E-state index is 12.3. The monoisotopic (exact) mass is 344 g/mol. The summed E-state index contributed by atoms with van der Waals surface area (Å²) >= 11 is 0. The number of benzene rings is 1. The Balaban J connectivity index is 1.78. The van der Waals surface area contributed by atoms with Gasteiger partial charge < -0.3 is 15.4 Å². The first-order valence-corrected chi connectivity index (χ1v) is 9.04. The first-order chi connectivity index (χ1) is 11.7. The van der Waals surface area contributed by atoms with Crippen LogP contribution < -0.4 is 10.6 Å². The number of piperidine rings is 1. The highest BCUT2D eigenvalue weighted by atomic mass is 16.5. The molecule has 5 heteroatoms.